The first-order chi connectivity index (χ1) is 14.2. The van der Waals surface area contributed by atoms with Gasteiger partial charge in [0.2, 0.25) is 0 Å². The average Bonchev–Trinajstić information content (AvgIpc) is 2.95. The van der Waals surface area contributed by atoms with Gasteiger partial charge in [-0.15, -0.1) is 0 Å². The fraction of sp³-hybridized carbons (Fsp3) is 0.478. The fourth-order valence-corrected chi connectivity index (χ4v) is 4.27. The number of hydrogen-bond acceptors (Lipinski definition) is 6. The molecule has 6 heteroatoms. The molecule has 0 N–H and O–H groups in total. The van der Waals surface area contributed by atoms with Crippen molar-refractivity contribution in [1.82, 2.24) is 14.8 Å². The summed E-state index contributed by atoms with van der Waals surface area (Å²) in [5.74, 6) is 0.838. The van der Waals surface area contributed by atoms with Crippen LogP contribution in [0.3, 0.4) is 0 Å². The summed E-state index contributed by atoms with van der Waals surface area (Å²) in [5.41, 5.74) is 3.48. The van der Waals surface area contributed by atoms with Gasteiger partial charge < -0.3 is 9.47 Å². The van der Waals surface area contributed by atoms with Crippen LogP contribution in [0.5, 0.6) is 5.75 Å². The summed E-state index contributed by atoms with van der Waals surface area (Å²) in [4.78, 5) is 21.2. The maximum atomic E-state index is 12.2. The Kier molecular flexibility index (Phi) is 6.42. The molecule has 29 heavy (non-hydrogen) atoms. The minimum Gasteiger partial charge on any atom is -0.492 e. The van der Waals surface area contributed by atoms with Crippen LogP contribution in [-0.4, -0.2) is 53.6 Å². The molecule has 0 spiro atoms. The molecule has 1 saturated heterocycles. The molecule has 0 bridgehead atoms. The molecule has 1 atom stereocenters. The Morgan fingerprint density at radius 3 is 2.97 bits per heavy atom. The van der Waals surface area contributed by atoms with Crippen molar-refractivity contribution < 1.29 is 14.3 Å². The third-order valence-electron chi connectivity index (χ3n) is 5.77. The van der Waals surface area contributed by atoms with E-state index in [1.807, 2.05) is 18.3 Å². The average molecular weight is 396 g/mol. The van der Waals surface area contributed by atoms with Crippen LogP contribution in [-0.2, 0) is 29.2 Å². The number of methoxy groups -OCH3 is 1. The van der Waals surface area contributed by atoms with Crippen LogP contribution in [0.4, 0.5) is 0 Å². The lowest BCUT2D eigenvalue weighted by Crippen LogP contribution is -2.44. The van der Waals surface area contributed by atoms with Gasteiger partial charge in [-0.05, 0) is 49.2 Å². The van der Waals surface area contributed by atoms with E-state index in [0.29, 0.717) is 6.61 Å². The molecule has 2 aliphatic heterocycles. The minimum atomic E-state index is -0.135. The Labute approximate surface area is 172 Å². The van der Waals surface area contributed by atoms with E-state index in [1.54, 1.807) is 0 Å². The van der Waals surface area contributed by atoms with Crippen molar-refractivity contribution in [3.8, 4) is 5.75 Å². The second-order valence-corrected chi connectivity index (χ2v) is 7.83. The van der Waals surface area contributed by atoms with Crippen molar-refractivity contribution in [2.45, 2.75) is 44.9 Å². The molecule has 154 valence electrons. The van der Waals surface area contributed by atoms with Gasteiger partial charge in [-0.25, -0.2) is 0 Å². The molecular formula is C23H29N3O3. The van der Waals surface area contributed by atoms with E-state index in [4.69, 9.17) is 9.47 Å². The van der Waals surface area contributed by atoms with Gasteiger partial charge in [0, 0.05) is 37.9 Å². The number of ether oxygens (including phenoxy) is 2. The molecule has 2 aromatic rings. The largest absolute Gasteiger partial charge is 0.492 e. The molecule has 1 unspecified atom stereocenters. The lowest BCUT2D eigenvalue weighted by atomic mass is 10.0. The topological polar surface area (TPSA) is 54.9 Å². The molecule has 1 aromatic carbocycles. The van der Waals surface area contributed by atoms with Crippen LogP contribution in [0.25, 0.3) is 0 Å². The summed E-state index contributed by atoms with van der Waals surface area (Å²) in [7, 11) is 1.48. The van der Waals surface area contributed by atoms with Crippen molar-refractivity contribution in [3.63, 3.8) is 0 Å². The van der Waals surface area contributed by atoms with Crippen LogP contribution in [0.1, 0.15) is 36.1 Å². The van der Waals surface area contributed by atoms with Crippen LogP contribution >= 0.6 is 0 Å². The second-order valence-electron chi connectivity index (χ2n) is 7.83. The van der Waals surface area contributed by atoms with Gasteiger partial charge in [0.1, 0.15) is 18.4 Å². The van der Waals surface area contributed by atoms with E-state index in [2.05, 4.69) is 39.0 Å². The number of fused-ring (bicyclic) bond motifs is 1. The molecule has 0 saturated carbocycles. The highest BCUT2D eigenvalue weighted by Gasteiger charge is 2.29. The standard InChI is InChI=1S/C23H29N3O3/c1-28-23(27)21-7-3-5-11-26(21)15-18-8-9-22-19(14-18)16-25(12-13-29-22)17-20-6-2-4-10-24-20/h2,4,6,8-10,14,21H,3,5,7,11-13,15-17H2,1H3. The number of pyridine rings is 1. The molecule has 0 aliphatic carbocycles. The number of hydrogen-bond donors (Lipinski definition) is 0. The normalized spacial score (nSPS) is 20.4. The first kappa shape index (κ1) is 19.9. The van der Waals surface area contributed by atoms with E-state index in [9.17, 15) is 4.79 Å². The second kappa shape index (κ2) is 9.37. The van der Waals surface area contributed by atoms with Gasteiger partial charge in [0.25, 0.3) is 0 Å². The van der Waals surface area contributed by atoms with E-state index < -0.39 is 0 Å². The maximum Gasteiger partial charge on any atom is 0.323 e. The van der Waals surface area contributed by atoms with Crippen LogP contribution < -0.4 is 4.74 Å². The Balaban J connectivity index is 1.48. The highest BCUT2D eigenvalue weighted by Crippen LogP contribution is 2.27. The van der Waals surface area contributed by atoms with Crippen molar-refractivity contribution in [2.75, 3.05) is 26.8 Å². The number of carbonyl (C=O) groups is 1. The molecule has 4 rings (SSSR count). The number of likely N-dealkylation sites (tertiary alicyclic amines) is 1. The fourth-order valence-electron chi connectivity index (χ4n) is 4.27. The number of nitrogens with zero attached hydrogens (tertiary/aromatic N) is 3. The molecule has 2 aliphatic rings. The van der Waals surface area contributed by atoms with Crippen LogP contribution in [0.2, 0.25) is 0 Å². The van der Waals surface area contributed by atoms with Crippen molar-refractivity contribution in [1.29, 1.82) is 0 Å². The Morgan fingerprint density at radius 1 is 1.21 bits per heavy atom. The van der Waals surface area contributed by atoms with Gasteiger partial charge in [-0.2, -0.15) is 0 Å². The SMILES string of the molecule is COC(=O)C1CCCCN1Cc1ccc2c(c1)CN(Cc1ccccn1)CCO2. The monoisotopic (exact) mass is 395 g/mol. The van der Waals surface area contributed by atoms with Crippen molar-refractivity contribution in [2.24, 2.45) is 0 Å². The quantitative estimate of drug-likeness (QED) is 0.726. The number of benzene rings is 1. The molecule has 0 amide bonds. The van der Waals surface area contributed by atoms with Gasteiger partial charge in [0.05, 0.1) is 12.8 Å². The van der Waals surface area contributed by atoms with Crippen LogP contribution in [0.15, 0.2) is 42.6 Å². The minimum absolute atomic E-state index is 0.121. The van der Waals surface area contributed by atoms with Gasteiger partial charge in [-0.1, -0.05) is 18.6 Å². The number of carbonyl (C=O) groups excluding carboxylic acids is 1. The van der Waals surface area contributed by atoms with E-state index >= 15 is 0 Å². The Bertz CT molecular complexity index is 827. The zero-order chi connectivity index (χ0) is 20.1. The Morgan fingerprint density at radius 2 is 2.14 bits per heavy atom. The summed E-state index contributed by atoms with van der Waals surface area (Å²) in [6.45, 7) is 4.88. The molecule has 3 heterocycles. The first-order valence-electron chi connectivity index (χ1n) is 10.4. The number of esters is 1. The number of rotatable bonds is 5. The molecular weight excluding hydrogens is 366 g/mol. The number of aromatic nitrogens is 1. The Hall–Kier alpha value is -2.44. The zero-order valence-corrected chi connectivity index (χ0v) is 17.0. The third-order valence-corrected chi connectivity index (χ3v) is 5.77. The molecule has 1 fully saturated rings. The van der Waals surface area contributed by atoms with Crippen LogP contribution in [0, 0.1) is 0 Å². The summed E-state index contributed by atoms with van der Waals surface area (Å²) in [6.07, 6.45) is 4.92. The highest BCUT2D eigenvalue weighted by molar-refractivity contribution is 5.75. The summed E-state index contributed by atoms with van der Waals surface area (Å²) < 4.78 is 11.0. The van der Waals surface area contributed by atoms with E-state index in [0.717, 1.165) is 63.4 Å². The van der Waals surface area contributed by atoms with Gasteiger partial charge >= 0.3 is 5.97 Å². The smallest absolute Gasteiger partial charge is 0.323 e. The molecule has 0 radical (unpaired) electrons. The predicted molar refractivity (Wildman–Crippen MR) is 110 cm³/mol. The zero-order valence-electron chi connectivity index (χ0n) is 17.0. The summed E-state index contributed by atoms with van der Waals surface area (Å²) >= 11 is 0. The van der Waals surface area contributed by atoms with E-state index in [1.165, 1.54) is 18.2 Å². The third kappa shape index (κ3) is 4.95. The maximum absolute atomic E-state index is 12.2. The molecule has 1 aromatic heterocycles. The van der Waals surface area contributed by atoms with Gasteiger partial charge in [-0.3, -0.25) is 19.6 Å². The molecule has 6 nitrogen and oxygen atoms in total. The lowest BCUT2D eigenvalue weighted by molar-refractivity contribution is -0.148. The summed E-state index contributed by atoms with van der Waals surface area (Å²) in [5, 5.41) is 0. The predicted octanol–water partition coefficient (Wildman–Crippen LogP) is 3.00. The van der Waals surface area contributed by atoms with Gasteiger partial charge in [0.15, 0.2) is 0 Å². The van der Waals surface area contributed by atoms with E-state index in [-0.39, 0.29) is 12.0 Å². The summed E-state index contributed by atoms with van der Waals surface area (Å²) in [6, 6.07) is 12.3. The first-order valence-corrected chi connectivity index (χ1v) is 10.4. The highest BCUT2D eigenvalue weighted by atomic mass is 16.5. The van der Waals surface area contributed by atoms with Crippen molar-refractivity contribution in [3.05, 3.63) is 59.4 Å². The lowest BCUT2D eigenvalue weighted by Gasteiger charge is -2.33. The number of piperidine rings is 1. The van der Waals surface area contributed by atoms with Crippen molar-refractivity contribution >= 4 is 5.97 Å².